The van der Waals surface area contributed by atoms with Crippen molar-refractivity contribution < 1.29 is 58.2 Å². The molecule has 0 spiro atoms. The van der Waals surface area contributed by atoms with Crippen molar-refractivity contribution in [1.29, 1.82) is 0 Å². The Morgan fingerprint density at radius 3 is 2.00 bits per heavy atom. The molecule has 2 aromatic rings. The zero-order valence-electron chi connectivity index (χ0n) is 22.5. The molecule has 2 unspecified atom stereocenters. The Bertz CT molecular complexity index is 1590. The maximum absolute atomic E-state index is 16.1. The van der Waals surface area contributed by atoms with Crippen molar-refractivity contribution in [2.45, 2.75) is 77.9 Å². The number of halogens is 9. The van der Waals surface area contributed by atoms with Crippen LogP contribution in [-0.4, -0.2) is 60.9 Å². The lowest BCUT2D eigenvalue weighted by Gasteiger charge is -2.38. The van der Waals surface area contributed by atoms with E-state index in [9.17, 15) is 53.8 Å². The number of carboxylic acids is 1. The number of nitrogens with zero attached hydrogens (tertiary/aromatic N) is 1. The maximum atomic E-state index is 16.1. The molecule has 1 N–H and O–H groups in total. The summed E-state index contributed by atoms with van der Waals surface area (Å²) in [6.07, 6.45) is -15.2. The van der Waals surface area contributed by atoms with Crippen LogP contribution in [-0.2, 0) is 36.3 Å². The Kier molecular flexibility index (Phi) is 7.59. The molecule has 240 valence electrons. The highest BCUT2D eigenvalue weighted by Crippen LogP contribution is 2.58. The van der Waals surface area contributed by atoms with E-state index in [2.05, 4.69) is 0 Å². The molecule has 1 saturated carbocycles. The second-order valence-electron chi connectivity index (χ2n) is 11.4. The van der Waals surface area contributed by atoms with Gasteiger partial charge in [0.2, 0.25) is 0 Å². The number of benzene rings is 2. The lowest BCUT2D eigenvalue weighted by atomic mass is 9.79. The van der Waals surface area contributed by atoms with E-state index in [0.717, 1.165) is 17.0 Å². The van der Waals surface area contributed by atoms with Gasteiger partial charge < -0.3 is 10.0 Å². The molecule has 2 aromatic carbocycles. The van der Waals surface area contributed by atoms with E-state index < -0.39 is 93.4 Å². The molecule has 1 aliphatic heterocycles. The predicted molar refractivity (Wildman–Crippen MR) is 139 cm³/mol. The Labute approximate surface area is 250 Å². The van der Waals surface area contributed by atoms with Crippen LogP contribution in [0, 0.1) is 5.92 Å². The number of likely N-dealkylation sites (tertiary alicyclic amines) is 1. The van der Waals surface area contributed by atoms with Crippen LogP contribution in [0.25, 0.3) is 0 Å². The minimum Gasteiger partial charge on any atom is -0.481 e. The van der Waals surface area contributed by atoms with Crippen LogP contribution in [0.15, 0.2) is 47.4 Å². The van der Waals surface area contributed by atoms with Crippen molar-refractivity contribution in [2.24, 2.45) is 5.92 Å². The van der Waals surface area contributed by atoms with Gasteiger partial charge in [-0.15, -0.1) is 0 Å². The van der Waals surface area contributed by atoms with Crippen LogP contribution in [0.3, 0.4) is 0 Å². The highest BCUT2D eigenvalue weighted by atomic mass is 35.5. The van der Waals surface area contributed by atoms with Gasteiger partial charge >= 0.3 is 24.0 Å². The fourth-order valence-corrected chi connectivity index (χ4v) is 9.31. The molecule has 0 bridgehead atoms. The minimum atomic E-state index is -6.42. The summed E-state index contributed by atoms with van der Waals surface area (Å²) >= 11 is 5.90. The first-order valence-electron chi connectivity index (χ1n) is 13.4. The summed E-state index contributed by atoms with van der Waals surface area (Å²) in [4.78, 5) is 25.6. The summed E-state index contributed by atoms with van der Waals surface area (Å²) in [6.45, 7) is -0.330. The van der Waals surface area contributed by atoms with Crippen LogP contribution in [0.4, 0.5) is 35.1 Å². The van der Waals surface area contributed by atoms with E-state index in [1.807, 2.05) is 0 Å². The quantitative estimate of drug-likeness (QED) is 0.369. The average Bonchev–Trinajstić information content (AvgIpc) is 3.47. The molecular formula is C28H24ClF8NO5S. The van der Waals surface area contributed by atoms with E-state index in [-0.39, 0.29) is 46.5 Å². The van der Waals surface area contributed by atoms with Crippen molar-refractivity contribution in [3.05, 3.63) is 64.2 Å². The van der Waals surface area contributed by atoms with Gasteiger partial charge in [0.05, 0.1) is 16.9 Å². The van der Waals surface area contributed by atoms with Crippen molar-refractivity contribution in [2.75, 3.05) is 6.54 Å². The standard InChI is InChI=1S/C28H24ClF8NO5S/c29-18-2-4-19(5-3-18)44(42,43)25-11-12-38(23(41)24(30)9-7-15(8-10-24)22(39)40)21(25)14-16-13-17(1-6-20(16)25)26(31,27(32,33)34)28(35,36)37/h1-6,13,15,21H,7-12,14H2,(H,39,40). The number of alkyl halides is 8. The molecule has 6 nitrogen and oxygen atoms in total. The van der Waals surface area contributed by atoms with Crippen LogP contribution in [0.2, 0.25) is 5.02 Å². The zero-order chi connectivity index (χ0) is 32.7. The van der Waals surface area contributed by atoms with Gasteiger partial charge in [-0.3, -0.25) is 9.59 Å². The normalized spacial score (nSPS) is 27.6. The number of carbonyl (C=O) groups excluding carboxylic acids is 1. The number of hydrogen-bond acceptors (Lipinski definition) is 4. The number of carbonyl (C=O) groups is 2. The van der Waals surface area contributed by atoms with Gasteiger partial charge in [-0.1, -0.05) is 29.8 Å². The van der Waals surface area contributed by atoms with E-state index in [1.165, 1.54) is 12.1 Å². The van der Waals surface area contributed by atoms with Gasteiger partial charge in [-0.05, 0) is 73.9 Å². The summed E-state index contributed by atoms with van der Waals surface area (Å²) in [7, 11) is -4.60. The number of fused-ring (bicyclic) bond motifs is 3. The van der Waals surface area contributed by atoms with E-state index in [0.29, 0.717) is 12.1 Å². The van der Waals surface area contributed by atoms with E-state index >= 15 is 4.39 Å². The zero-order valence-corrected chi connectivity index (χ0v) is 24.1. The first kappa shape index (κ1) is 32.5. The summed E-state index contributed by atoms with van der Waals surface area (Å²) in [5.74, 6) is -3.22. The third kappa shape index (κ3) is 4.59. The number of aliphatic carboxylic acids is 1. The molecule has 1 saturated heterocycles. The lowest BCUT2D eigenvalue weighted by Crippen LogP contribution is -2.53. The molecule has 0 radical (unpaired) electrons. The van der Waals surface area contributed by atoms with Gasteiger partial charge in [0, 0.05) is 17.1 Å². The molecule has 44 heavy (non-hydrogen) atoms. The Hall–Kier alpha value is -2.94. The smallest absolute Gasteiger partial charge is 0.435 e. The van der Waals surface area contributed by atoms with E-state index in [4.69, 9.17) is 11.6 Å². The second kappa shape index (κ2) is 10.3. The molecule has 1 amide bonds. The van der Waals surface area contributed by atoms with Gasteiger partial charge in [-0.2, -0.15) is 26.3 Å². The first-order valence-corrected chi connectivity index (χ1v) is 15.3. The first-order chi connectivity index (χ1) is 20.2. The molecule has 2 fully saturated rings. The largest absolute Gasteiger partial charge is 0.481 e. The molecule has 16 heteroatoms. The number of sulfone groups is 1. The SMILES string of the molecule is O=C(O)C1CCC(F)(C(=O)N2CCC3(S(=O)(=O)c4ccc(Cl)cc4)c4ccc(C(F)(C(F)(F)F)C(F)(F)F)cc4CC23)CC1. The molecule has 5 rings (SSSR count). The van der Waals surface area contributed by atoms with Crippen LogP contribution in [0.5, 0.6) is 0 Å². The molecular weight excluding hydrogens is 650 g/mol. The Morgan fingerprint density at radius 2 is 1.48 bits per heavy atom. The van der Waals surface area contributed by atoms with Gasteiger partial charge in [0.25, 0.3) is 5.91 Å². The monoisotopic (exact) mass is 673 g/mol. The maximum Gasteiger partial charge on any atom is 0.435 e. The number of hydrogen-bond donors (Lipinski definition) is 1. The van der Waals surface area contributed by atoms with Crippen molar-refractivity contribution in [1.82, 2.24) is 4.90 Å². The van der Waals surface area contributed by atoms with Crippen molar-refractivity contribution in [3.63, 3.8) is 0 Å². The van der Waals surface area contributed by atoms with Gasteiger partial charge in [0.15, 0.2) is 15.5 Å². The van der Waals surface area contributed by atoms with E-state index in [1.54, 1.807) is 0 Å². The average molecular weight is 674 g/mol. The predicted octanol–water partition coefficient (Wildman–Crippen LogP) is 6.44. The summed E-state index contributed by atoms with van der Waals surface area (Å²) < 4.78 is 139. The van der Waals surface area contributed by atoms with Crippen LogP contribution >= 0.6 is 11.6 Å². The van der Waals surface area contributed by atoms with Gasteiger partial charge in [-0.25, -0.2) is 17.2 Å². The summed E-state index contributed by atoms with van der Waals surface area (Å²) in [6, 6.07) is 4.54. The summed E-state index contributed by atoms with van der Waals surface area (Å²) in [5, 5.41) is 9.41. The molecule has 3 aliphatic rings. The lowest BCUT2D eigenvalue weighted by molar-refractivity contribution is -0.348. The van der Waals surface area contributed by atoms with Crippen LogP contribution < -0.4 is 0 Å². The highest BCUT2D eigenvalue weighted by molar-refractivity contribution is 7.92. The fraction of sp³-hybridized carbons (Fsp3) is 0.500. The second-order valence-corrected chi connectivity index (χ2v) is 14.1. The molecule has 2 aliphatic carbocycles. The van der Waals surface area contributed by atoms with Crippen LogP contribution in [0.1, 0.15) is 48.8 Å². The fourth-order valence-electron chi connectivity index (χ4n) is 6.85. The molecule has 1 heterocycles. The summed E-state index contributed by atoms with van der Waals surface area (Å²) in [5.41, 5.74) is -10.8. The number of amides is 1. The molecule has 0 aromatic heterocycles. The van der Waals surface area contributed by atoms with Crippen molar-refractivity contribution in [3.8, 4) is 0 Å². The number of rotatable bonds is 5. The van der Waals surface area contributed by atoms with Crippen molar-refractivity contribution >= 4 is 33.3 Å². The Morgan fingerprint density at radius 1 is 0.909 bits per heavy atom. The topological polar surface area (TPSA) is 91.8 Å². The highest BCUT2D eigenvalue weighted by Gasteiger charge is 2.74. The van der Waals surface area contributed by atoms with Gasteiger partial charge in [0.1, 0.15) is 4.75 Å². The minimum absolute atomic E-state index is 0.160. The number of carboxylic acid groups (broad SMARTS) is 1. The third-order valence-electron chi connectivity index (χ3n) is 9.17. The molecule has 2 atom stereocenters. The third-order valence-corrected chi connectivity index (χ3v) is 12.0. The Balaban J connectivity index is 1.64.